The van der Waals surface area contributed by atoms with E-state index in [-0.39, 0.29) is 16.8 Å². The van der Waals surface area contributed by atoms with Crippen LogP contribution in [0, 0.1) is 20.8 Å². The number of aryl methyl sites for hydroxylation is 3. The molecule has 0 aliphatic rings. The number of hydrogen-bond acceptors (Lipinski definition) is 6. The maximum atomic E-state index is 12.6. The van der Waals surface area contributed by atoms with Crippen LogP contribution in [-0.2, 0) is 16.0 Å². The molecular weight excluding hydrogens is 594 g/mol. The second-order valence-electron chi connectivity index (χ2n) is 8.68. The predicted molar refractivity (Wildman–Crippen MR) is 138 cm³/mol. The average Bonchev–Trinajstić information content (AvgIpc) is 3.51. The molecule has 2 aromatic carbocycles. The van der Waals surface area contributed by atoms with Crippen LogP contribution in [0.5, 0.6) is 0 Å². The Hall–Kier alpha value is -4.67. The van der Waals surface area contributed by atoms with Gasteiger partial charge in [0.05, 0.1) is 33.0 Å². The number of benzene rings is 2. The Morgan fingerprint density at radius 3 is 1.57 bits per heavy atom. The number of nitrogens with zero attached hydrogens (tertiary/aromatic N) is 2. The summed E-state index contributed by atoms with van der Waals surface area (Å²) in [4.78, 5) is 22.9. The van der Waals surface area contributed by atoms with Gasteiger partial charge in [0.1, 0.15) is 0 Å². The van der Waals surface area contributed by atoms with Crippen molar-refractivity contribution in [3.05, 3.63) is 88.5 Å². The van der Waals surface area contributed by atoms with Gasteiger partial charge in [-0.1, -0.05) is 0 Å². The van der Waals surface area contributed by atoms with E-state index in [9.17, 15) is 44.3 Å². The number of hydrogen-bond donors (Lipinski definition) is 4. The van der Waals surface area contributed by atoms with Gasteiger partial charge in [0, 0.05) is 23.8 Å². The van der Waals surface area contributed by atoms with Crippen molar-refractivity contribution in [3.63, 3.8) is 0 Å². The first-order valence-corrected chi connectivity index (χ1v) is 13.1. The third kappa shape index (κ3) is 7.34. The number of aromatic amines is 2. The van der Waals surface area contributed by atoms with Gasteiger partial charge >= 0.3 is 11.7 Å². The van der Waals surface area contributed by atoms with Crippen molar-refractivity contribution >= 4 is 33.0 Å². The SMILES string of the molecule is Cc1cc(NC(=O)c2c[nH]nc2C)ccc1C(F)(F)F.Cc1n[nH]cc1C(=O)Nc1ccc(S(=O)(=O)C(F)(F)F)cc1. The molecule has 0 saturated heterocycles. The minimum absolute atomic E-state index is 0.0548. The second kappa shape index (κ2) is 12.1. The molecule has 42 heavy (non-hydrogen) atoms. The van der Waals surface area contributed by atoms with Gasteiger partial charge in [0.15, 0.2) is 0 Å². The number of carbonyl (C=O) groups excluding carboxylic acids is 2. The van der Waals surface area contributed by atoms with E-state index >= 15 is 0 Å². The van der Waals surface area contributed by atoms with Crippen LogP contribution >= 0.6 is 0 Å². The molecule has 0 atom stereocenters. The number of carbonyl (C=O) groups is 2. The number of sulfone groups is 1. The zero-order valence-corrected chi connectivity index (χ0v) is 22.7. The number of aromatic nitrogens is 4. The maximum Gasteiger partial charge on any atom is 0.501 e. The Morgan fingerprint density at radius 2 is 1.19 bits per heavy atom. The Morgan fingerprint density at radius 1 is 0.738 bits per heavy atom. The molecule has 0 unspecified atom stereocenters. The topological polar surface area (TPSA) is 150 Å². The highest BCUT2D eigenvalue weighted by Gasteiger charge is 2.46. The fraction of sp³-hybridized carbons (Fsp3) is 0.200. The largest absolute Gasteiger partial charge is 0.501 e. The molecule has 2 aromatic heterocycles. The van der Waals surface area contributed by atoms with Crippen molar-refractivity contribution in [1.29, 1.82) is 0 Å². The standard InChI is InChI=1S/C13H12F3N3O.C12H10F3N3O3S/c1-7-5-9(3-4-11(7)13(14,15)16)18-12(20)10-6-17-19-8(10)2;1-7-10(6-16-18-7)11(19)17-8-2-4-9(5-3-8)22(20,21)12(13,14)15/h3-6H,1-2H3,(H,17,19)(H,18,20);2-6H,1H3,(H,16,18)(H,17,19). The number of anilines is 2. The number of halogens is 6. The molecular formula is C25H22F6N6O4S. The highest BCUT2D eigenvalue weighted by Crippen LogP contribution is 2.33. The van der Waals surface area contributed by atoms with E-state index < -0.39 is 43.8 Å². The van der Waals surface area contributed by atoms with Crippen LogP contribution in [0.1, 0.15) is 43.2 Å². The summed E-state index contributed by atoms with van der Waals surface area (Å²) >= 11 is 0. The van der Waals surface area contributed by atoms with Crippen molar-refractivity contribution in [1.82, 2.24) is 20.4 Å². The smallest absolute Gasteiger partial charge is 0.322 e. The summed E-state index contributed by atoms with van der Waals surface area (Å²) < 4.78 is 97.4. The first-order valence-electron chi connectivity index (χ1n) is 11.6. The number of rotatable bonds is 5. The highest BCUT2D eigenvalue weighted by atomic mass is 32.2. The van der Waals surface area contributed by atoms with Crippen LogP contribution in [0.2, 0.25) is 0 Å². The zero-order valence-electron chi connectivity index (χ0n) is 21.9. The van der Waals surface area contributed by atoms with Crippen LogP contribution in [-0.4, -0.2) is 46.1 Å². The summed E-state index contributed by atoms with van der Waals surface area (Å²) in [6, 6.07) is 7.17. The van der Waals surface area contributed by atoms with Gasteiger partial charge in [-0.3, -0.25) is 19.8 Å². The minimum atomic E-state index is -5.40. The van der Waals surface area contributed by atoms with Crippen molar-refractivity contribution in [2.75, 3.05) is 10.6 Å². The normalized spacial score (nSPS) is 11.8. The molecule has 2 heterocycles. The lowest BCUT2D eigenvalue weighted by Gasteiger charge is -2.12. The third-order valence-corrected chi connectivity index (χ3v) is 7.17. The molecule has 10 nitrogen and oxygen atoms in total. The molecule has 4 aromatic rings. The molecule has 0 bridgehead atoms. The number of amides is 2. The van der Waals surface area contributed by atoms with E-state index in [1.165, 1.54) is 31.5 Å². The number of nitrogens with one attached hydrogen (secondary N) is 4. The van der Waals surface area contributed by atoms with Crippen LogP contribution in [0.4, 0.5) is 37.7 Å². The van der Waals surface area contributed by atoms with Gasteiger partial charge in [-0.05, 0) is 68.8 Å². The second-order valence-corrected chi connectivity index (χ2v) is 10.6. The van der Waals surface area contributed by atoms with Crippen LogP contribution < -0.4 is 10.6 Å². The molecule has 2 amide bonds. The van der Waals surface area contributed by atoms with Gasteiger partial charge in [-0.15, -0.1) is 0 Å². The lowest BCUT2D eigenvalue weighted by Crippen LogP contribution is -2.23. The molecule has 224 valence electrons. The Bertz CT molecular complexity index is 1690. The molecule has 0 spiro atoms. The summed E-state index contributed by atoms with van der Waals surface area (Å²) in [6.45, 7) is 4.61. The molecule has 0 fully saturated rings. The fourth-order valence-electron chi connectivity index (χ4n) is 3.48. The van der Waals surface area contributed by atoms with E-state index in [1.54, 1.807) is 13.8 Å². The fourth-order valence-corrected chi connectivity index (χ4v) is 4.25. The molecule has 17 heteroatoms. The summed E-state index contributed by atoms with van der Waals surface area (Å²) in [5.41, 5.74) is -3.97. The van der Waals surface area contributed by atoms with Crippen LogP contribution in [0.25, 0.3) is 0 Å². The van der Waals surface area contributed by atoms with Gasteiger partial charge in [0.2, 0.25) is 0 Å². The quantitative estimate of drug-likeness (QED) is 0.216. The molecule has 0 aliphatic heterocycles. The van der Waals surface area contributed by atoms with E-state index in [4.69, 9.17) is 0 Å². The van der Waals surface area contributed by atoms with Gasteiger partial charge in [0.25, 0.3) is 21.7 Å². The zero-order chi connectivity index (χ0) is 31.5. The lowest BCUT2D eigenvalue weighted by molar-refractivity contribution is -0.138. The number of H-pyrrole nitrogens is 2. The summed E-state index contributed by atoms with van der Waals surface area (Å²) in [6.07, 6.45) is -1.59. The summed E-state index contributed by atoms with van der Waals surface area (Å²) in [5.74, 6) is -0.937. The lowest BCUT2D eigenvalue weighted by atomic mass is 10.1. The van der Waals surface area contributed by atoms with E-state index in [2.05, 4.69) is 31.0 Å². The van der Waals surface area contributed by atoms with Crippen LogP contribution in [0.3, 0.4) is 0 Å². The first-order chi connectivity index (χ1) is 19.4. The van der Waals surface area contributed by atoms with Gasteiger partial charge in [-0.2, -0.15) is 36.5 Å². The Kier molecular flexibility index (Phi) is 9.14. The number of alkyl halides is 6. The molecule has 4 rings (SSSR count). The van der Waals surface area contributed by atoms with Crippen molar-refractivity contribution in [3.8, 4) is 0 Å². The van der Waals surface area contributed by atoms with E-state index in [0.717, 1.165) is 30.3 Å². The maximum absolute atomic E-state index is 12.6. The van der Waals surface area contributed by atoms with Crippen molar-refractivity contribution in [2.24, 2.45) is 0 Å². The van der Waals surface area contributed by atoms with E-state index in [0.29, 0.717) is 22.6 Å². The van der Waals surface area contributed by atoms with Gasteiger partial charge < -0.3 is 10.6 Å². The molecule has 0 radical (unpaired) electrons. The van der Waals surface area contributed by atoms with Crippen molar-refractivity contribution < 1.29 is 44.3 Å². The first kappa shape index (κ1) is 31.9. The average molecular weight is 617 g/mol. The predicted octanol–water partition coefficient (Wildman–Crippen LogP) is 5.56. The monoisotopic (exact) mass is 616 g/mol. The Balaban J connectivity index is 0.000000231. The molecule has 4 N–H and O–H groups in total. The molecule has 0 aliphatic carbocycles. The Labute approximate surface area is 234 Å². The highest BCUT2D eigenvalue weighted by molar-refractivity contribution is 7.92. The van der Waals surface area contributed by atoms with Crippen LogP contribution in [0.15, 0.2) is 59.8 Å². The summed E-state index contributed by atoms with van der Waals surface area (Å²) in [7, 11) is -5.40. The third-order valence-electron chi connectivity index (χ3n) is 5.67. The molecule has 0 saturated carbocycles. The van der Waals surface area contributed by atoms with Crippen molar-refractivity contribution in [2.45, 2.75) is 37.4 Å². The summed E-state index contributed by atoms with van der Waals surface area (Å²) in [5, 5.41) is 17.6. The van der Waals surface area contributed by atoms with E-state index in [1.807, 2.05) is 0 Å². The van der Waals surface area contributed by atoms with Gasteiger partial charge in [-0.25, -0.2) is 8.42 Å². The minimum Gasteiger partial charge on any atom is -0.322 e.